The topological polar surface area (TPSA) is 23.6 Å². The van der Waals surface area contributed by atoms with Crippen LogP contribution in [-0.4, -0.2) is 35.3 Å². The fourth-order valence-corrected chi connectivity index (χ4v) is 4.55. The number of hydrogen-bond acceptors (Lipinski definition) is 4. The molecule has 1 aromatic carbocycles. The highest BCUT2D eigenvalue weighted by molar-refractivity contribution is 8.26. The highest BCUT2D eigenvalue weighted by Gasteiger charge is 2.37. The zero-order valence-corrected chi connectivity index (χ0v) is 15.3. The number of carbonyl (C=O) groups excluding carboxylic acids is 1. The molecule has 1 aliphatic heterocycles. The normalized spacial score (nSPS) is 21.3. The van der Waals surface area contributed by atoms with Gasteiger partial charge >= 0.3 is 0 Å². The number of carbonyl (C=O) groups is 1. The fraction of sp³-hybridized carbons (Fsp3) is 0.444. The van der Waals surface area contributed by atoms with Crippen LogP contribution in [0, 0.1) is 0 Å². The first-order chi connectivity index (χ1) is 11.1. The molecule has 1 aliphatic carbocycles. The van der Waals surface area contributed by atoms with Crippen LogP contribution in [0.15, 0.2) is 29.2 Å². The largest absolute Gasteiger partial charge is 0.378 e. The van der Waals surface area contributed by atoms with Gasteiger partial charge in [-0.15, -0.1) is 0 Å². The number of rotatable bonds is 3. The van der Waals surface area contributed by atoms with Crippen molar-refractivity contribution in [1.29, 1.82) is 0 Å². The number of thiocarbonyl (C=S) groups is 1. The van der Waals surface area contributed by atoms with Crippen molar-refractivity contribution in [2.45, 2.75) is 38.1 Å². The van der Waals surface area contributed by atoms with Gasteiger partial charge in [-0.1, -0.05) is 55.4 Å². The van der Waals surface area contributed by atoms with Gasteiger partial charge in [0, 0.05) is 25.8 Å². The SMILES string of the molecule is CN(C)c1ccc(/C=C2/SC(=S)N(C3CCCCC3)C2=O)cc1. The molecule has 1 aromatic rings. The minimum absolute atomic E-state index is 0.0867. The molecule has 0 aromatic heterocycles. The summed E-state index contributed by atoms with van der Waals surface area (Å²) in [5.41, 5.74) is 2.19. The molecule has 0 spiro atoms. The monoisotopic (exact) mass is 346 g/mol. The van der Waals surface area contributed by atoms with Crippen LogP contribution in [0.4, 0.5) is 5.69 Å². The van der Waals surface area contributed by atoms with Gasteiger partial charge in [-0.25, -0.2) is 0 Å². The third-order valence-corrected chi connectivity index (χ3v) is 5.80. The molecule has 2 fully saturated rings. The Balaban J connectivity index is 1.78. The Bertz CT molecular complexity index is 631. The second-order valence-electron chi connectivity index (χ2n) is 6.33. The molecular weight excluding hydrogens is 324 g/mol. The summed E-state index contributed by atoms with van der Waals surface area (Å²) in [7, 11) is 4.04. The van der Waals surface area contributed by atoms with E-state index in [-0.39, 0.29) is 5.91 Å². The van der Waals surface area contributed by atoms with Crippen molar-refractivity contribution in [3.63, 3.8) is 0 Å². The van der Waals surface area contributed by atoms with Gasteiger partial charge in [0.15, 0.2) is 0 Å². The van der Waals surface area contributed by atoms with Crippen LogP contribution in [-0.2, 0) is 4.79 Å². The van der Waals surface area contributed by atoms with Gasteiger partial charge in [-0.05, 0) is 36.6 Å². The maximum atomic E-state index is 12.7. The summed E-state index contributed by atoms with van der Waals surface area (Å²) in [6.45, 7) is 0. The fourth-order valence-electron chi connectivity index (χ4n) is 3.15. The van der Waals surface area contributed by atoms with Gasteiger partial charge in [0.05, 0.1) is 4.91 Å². The van der Waals surface area contributed by atoms with Crippen molar-refractivity contribution in [3.05, 3.63) is 34.7 Å². The second kappa shape index (κ2) is 7.05. The third-order valence-electron chi connectivity index (χ3n) is 4.47. The van der Waals surface area contributed by atoms with Crippen molar-refractivity contribution in [2.75, 3.05) is 19.0 Å². The lowest BCUT2D eigenvalue weighted by molar-refractivity contribution is -0.124. The smallest absolute Gasteiger partial charge is 0.266 e. The van der Waals surface area contributed by atoms with Gasteiger partial charge in [0.2, 0.25) is 0 Å². The molecule has 0 unspecified atom stereocenters. The number of amides is 1. The lowest BCUT2D eigenvalue weighted by atomic mass is 9.94. The summed E-state index contributed by atoms with van der Waals surface area (Å²) in [6, 6.07) is 8.52. The van der Waals surface area contributed by atoms with E-state index in [2.05, 4.69) is 17.0 Å². The molecule has 122 valence electrons. The number of anilines is 1. The standard InChI is InChI=1S/C18H22N2OS2/c1-19(2)14-10-8-13(9-11-14)12-16-17(21)20(18(22)23-16)15-6-4-3-5-7-15/h8-12,15H,3-7H2,1-2H3/b16-12+. The van der Waals surface area contributed by atoms with Crippen LogP contribution in [0.1, 0.15) is 37.7 Å². The Morgan fingerprint density at radius 3 is 2.43 bits per heavy atom. The van der Waals surface area contributed by atoms with Crippen LogP contribution in [0.25, 0.3) is 6.08 Å². The maximum Gasteiger partial charge on any atom is 0.266 e. The van der Waals surface area contributed by atoms with E-state index >= 15 is 0 Å². The van der Waals surface area contributed by atoms with E-state index < -0.39 is 0 Å². The molecule has 1 amide bonds. The molecular formula is C18H22N2OS2. The summed E-state index contributed by atoms with van der Waals surface area (Å²) in [6.07, 6.45) is 7.80. The van der Waals surface area contributed by atoms with E-state index in [9.17, 15) is 4.79 Å². The van der Waals surface area contributed by atoms with E-state index in [0.29, 0.717) is 6.04 Å². The molecule has 0 N–H and O–H groups in total. The summed E-state index contributed by atoms with van der Waals surface area (Å²) < 4.78 is 0.720. The van der Waals surface area contributed by atoms with E-state index in [0.717, 1.165) is 33.3 Å². The van der Waals surface area contributed by atoms with Crippen molar-refractivity contribution in [2.24, 2.45) is 0 Å². The Kier molecular flexibility index (Phi) is 5.07. The van der Waals surface area contributed by atoms with E-state index in [1.807, 2.05) is 37.2 Å². The van der Waals surface area contributed by atoms with Crippen molar-refractivity contribution >= 4 is 46.0 Å². The lowest BCUT2D eigenvalue weighted by Crippen LogP contribution is -2.39. The minimum Gasteiger partial charge on any atom is -0.378 e. The van der Waals surface area contributed by atoms with Crippen molar-refractivity contribution in [1.82, 2.24) is 4.90 Å². The second-order valence-corrected chi connectivity index (χ2v) is 8.01. The molecule has 1 saturated heterocycles. The predicted octanol–water partition coefficient (Wildman–Crippen LogP) is 4.29. The van der Waals surface area contributed by atoms with Crippen LogP contribution >= 0.6 is 24.0 Å². The first-order valence-electron chi connectivity index (χ1n) is 8.11. The first-order valence-corrected chi connectivity index (χ1v) is 9.33. The Morgan fingerprint density at radius 2 is 1.83 bits per heavy atom. The third kappa shape index (κ3) is 3.61. The average Bonchev–Trinajstić information content (AvgIpc) is 2.82. The predicted molar refractivity (Wildman–Crippen MR) is 103 cm³/mol. The molecule has 1 saturated carbocycles. The lowest BCUT2D eigenvalue weighted by Gasteiger charge is -2.29. The Morgan fingerprint density at radius 1 is 1.17 bits per heavy atom. The van der Waals surface area contributed by atoms with E-state index in [4.69, 9.17) is 12.2 Å². The van der Waals surface area contributed by atoms with Crippen molar-refractivity contribution in [3.8, 4) is 0 Å². The van der Waals surface area contributed by atoms with Gasteiger partial charge < -0.3 is 4.90 Å². The zero-order valence-electron chi connectivity index (χ0n) is 13.6. The highest BCUT2D eigenvalue weighted by atomic mass is 32.2. The zero-order chi connectivity index (χ0) is 16.4. The van der Waals surface area contributed by atoms with Crippen LogP contribution in [0.5, 0.6) is 0 Å². The quantitative estimate of drug-likeness (QED) is 0.602. The molecule has 3 rings (SSSR count). The molecule has 0 radical (unpaired) electrons. The summed E-state index contributed by atoms with van der Waals surface area (Å²) in [4.78, 5) is 17.4. The van der Waals surface area contributed by atoms with Crippen molar-refractivity contribution < 1.29 is 4.79 Å². The van der Waals surface area contributed by atoms with Gasteiger partial charge in [0.1, 0.15) is 4.32 Å². The number of thioether (sulfide) groups is 1. The van der Waals surface area contributed by atoms with Crippen LogP contribution < -0.4 is 4.90 Å². The molecule has 0 bridgehead atoms. The molecule has 23 heavy (non-hydrogen) atoms. The molecule has 5 heteroatoms. The molecule has 0 atom stereocenters. The molecule has 1 heterocycles. The van der Waals surface area contributed by atoms with E-state index in [1.54, 1.807) is 0 Å². The number of hydrogen-bond donors (Lipinski definition) is 0. The molecule has 3 nitrogen and oxygen atoms in total. The van der Waals surface area contributed by atoms with Crippen LogP contribution in [0.3, 0.4) is 0 Å². The maximum absolute atomic E-state index is 12.7. The van der Waals surface area contributed by atoms with E-state index in [1.165, 1.54) is 31.0 Å². The Labute approximate surface area is 147 Å². The van der Waals surface area contributed by atoms with Gasteiger partial charge in [-0.3, -0.25) is 9.69 Å². The van der Waals surface area contributed by atoms with Gasteiger partial charge in [0.25, 0.3) is 5.91 Å². The van der Waals surface area contributed by atoms with Crippen LogP contribution in [0.2, 0.25) is 0 Å². The first kappa shape index (κ1) is 16.5. The Hall–Kier alpha value is -1.33. The number of benzene rings is 1. The molecule has 2 aliphatic rings. The summed E-state index contributed by atoms with van der Waals surface area (Å²) in [5.74, 6) is 0.0867. The highest BCUT2D eigenvalue weighted by Crippen LogP contribution is 2.37. The number of nitrogens with zero attached hydrogens (tertiary/aromatic N) is 2. The average molecular weight is 347 g/mol. The summed E-state index contributed by atoms with van der Waals surface area (Å²) in [5, 5.41) is 0. The summed E-state index contributed by atoms with van der Waals surface area (Å²) >= 11 is 6.91. The minimum atomic E-state index is 0.0867. The van der Waals surface area contributed by atoms with Gasteiger partial charge in [-0.2, -0.15) is 0 Å².